The summed E-state index contributed by atoms with van der Waals surface area (Å²) in [4.78, 5) is 18.6. The average molecular weight is 349 g/mol. The van der Waals surface area contributed by atoms with E-state index in [-0.39, 0.29) is 24.4 Å². The van der Waals surface area contributed by atoms with E-state index in [4.69, 9.17) is 5.73 Å². The van der Waals surface area contributed by atoms with E-state index in [1.165, 1.54) is 5.56 Å². The molecule has 24 heavy (non-hydrogen) atoms. The van der Waals surface area contributed by atoms with Crippen LogP contribution in [0, 0.1) is 0 Å². The Labute approximate surface area is 149 Å². The molecule has 1 atom stereocenters. The van der Waals surface area contributed by atoms with Crippen molar-refractivity contribution in [2.45, 2.75) is 26.1 Å². The molecule has 1 aromatic carbocycles. The van der Waals surface area contributed by atoms with E-state index in [1.54, 1.807) is 18.3 Å². The molecule has 1 amide bonds. The van der Waals surface area contributed by atoms with Crippen LogP contribution in [0.1, 0.15) is 28.5 Å². The maximum atomic E-state index is 12.3. The first kappa shape index (κ1) is 20.1. The molecule has 0 saturated carbocycles. The van der Waals surface area contributed by atoms with E-state index in [9.17, 15) is 4.79 Å². The molecule has 1 unspecified atom stereocenters. The second-order valence-corrected chi connectivity index (χ2v) is 5.80. The summed E-state index contributed by atoms with van der Waals surface area (Å²) in [7, 11) is 2.05. The third kappa shape index (κ3) is 6.28. The van der Waals surface area contributed by atoms with Gasteiger partial charge in [-0.25, -0.2) is 0 Å². The number of nitrogens with one attached hydrogen (secondary N) is 1. The number of amides is 1. The lowest BCUT2D eigenvalue weighted by Crippen LogP contribution is -2.40. The Bertz CT molecular complexity index is 636. The maximum absolute atomic E-state index is 12.3. The van der Waals surface area contributed by atoms with Crippen LogP contribution in [0.5, 0.6) is 0 Å². The van der Waals surface area contributed by atoms with Crippen molar-refractivity contribution >= 4 is 18.3 Å². The van der Waals surface area contributed by atoms with Gasteiger partial charge in [0.05, 0.1) is 5.69 Å². The highest BCUT2D eigenvalue weighted by Crippen LogP contribution is 2.05. The minimum absolute atomic E-state index is 0. The molecule has 3 N–H and O–H groups in total. The zero-order chi connectivity index (χ0) is 16.7. The van der Waals surface area contributed by atoms with Gasteiger partial charge in [-0.1, -0.05) is 30.3 Å². The van der Waals surface area contributed by atoms with E-state index in [0.29, 0.717) is 17.8 Å². The summed E-state index contributed by atoms with van der Waals surface area (Å²) in [5, 5.41) is 3.01. The van der Waals surface area contributed by atoms with Gasteiger partial charge in [-0.2, -0.15) is 0 Å². The predicted molar refractivity (Wildman–Crippen MR) is 99.1 cm³/mol. The van der Waals surface area contributed by atoms with Crippen LogP contribution >= 0.6 is 12.4 Å². The molecule has 0 aliphatic carbocycles. The van der Waals surface area contributed by atoms with E-state index in [1.807, 2.05) is 25.1 Å². The molecule has 0 spiro atoms. The van der Waals surface area contributed by atoms with Gasteiger partial charge in [0.25, 0.3) is 5.91 Å². The zero-order valence-corrected chi connectivity index (χ0v) is 14.9. The molecule has 130 valence electrons. The van der Waals surface area contributed by atoms with Crippen molar-refractivity contribution in [2.24, 2.45) is 5.73 Å². The van der Waals surface area contributed by atoms with Crippen LogP contribution in [-0.4, -0.2) is 35.4 Å². The van der Waals surface area contributed by atoms with Gasteiger partial charge in [-0.05, 0) is 31.7 Å². The average Bonchev–Trinajstić information content (AvgIpc) is 2.55. The van der Waals surface area contributed by atoms with Crippen LogP contribution < -0.4 is 11.1 Å². The Hall–Kier alpha value is -1.95. The summed E-state index contributed by atoms with van der Waals surface area (Å²) in [5.41, 5.74) is 8.13. The molecule has 2 rings (SSSR count). The van der Waals surface area contributed by atoms with Crippen LogP contribution in [0.3, 0.4) is 0 Å². The number of nitrogens with zero attached hydrogens (tertiary/aromatic N) is 2. The lowest BCUT2D eigenvalue weighted by Gasteiger charge is -2.22. The van der Waals surface area contributed by atoms with E-state index >= 15 is 0 Å². The van der Waals surface area contributed by atoms with E-state index in [2.05, 4.69) is 34.4 Å². The van der Waals surface area contributed by atoms with Crippen molar-refractivity contribution in [3.8, 4) is 0 Å². The van der Waals surface area contributed by atoms with Crippen LogP contribution in [-0.2, 0) is 13.1 Å². The predicted octanol–water partition coefficient (Wildman–Crippen LogP) is 2.21. The van der Waals surface area contributed by atoms with Crippen molar-refractivity contribution in [3.63, 3.8) is 0 Å². The van der Waals surface area contributed by atoms with Gasteiger partial charge in [-0.3, -0.25) is 9.78 Å². The lowest BCUT2D eigenvalue weighted by atomic mass is 10.2. The third-order valence-corrected chi connectivity index (χ3v) is 3.55. The summed E-state index contributed by atoms with van der Waals surface area (Å²) in [5.74, 6) is -0.0947. The molecular formula is C18H25ClN4O. The van der Waals surface area contributed by atoms with Crippen molar-refractivity contribution in [1.82, 2.24) is 15.2 Å². The minimum atomic E-state index is -0.0947. The fourth-order valence-corrected chi connectivity index (χ4v) is 2.51. The number of carbonyl (C=O) groups is 1. The lowest BCUT2D eigenvalue weighted by molar-refractivity contribution is 0.0931. The van der Waals surface area contributed by atoms with Gasteiger partial charge in [0, 0.05) is 37.4 Å². The molecule has 1 aromatic heterocycles. The summed E-state index contributed by atoms with van der Waals surface area (Å²) < 4.78 is 0. The molecule has 0 aliphatic rings. The van der Waals surface area contributed by atoms with Crippen molar-refractivity contribution in [1.29, 1.82) is 0 Å². The first-order valence-electron chi connectivity index (χ1n) is 7.77. The van der Waals surface area contributed by atoms with Crippen LogP contribution in [0.15, 0.2) is 48.7 Å². The standard InChI is InChI=1S/C18H24N4O.ClH/c1-14(12-22(2)13-15-6-4-3-5-7-15)21-18(23)16-8-9-20-17(10-16)11-19;/h3-10,14H,11-13,19H2,1-2H3,(H,21,23);1H. The van der Waals surface area contributed by atoms with Crippen molar-refractivity contribution in [3.05, 3.63) is 65.5 Å². The largest absolute Gasteiger partial charge is 0.348 e. The number of halogens is 1. The highest BCUT2D eigenvalue weighted by molar-refractivity contribution is 5.94. The number of hydrogen-bond acceptors (Lipinski definition) is 4. The second kappa shape index (κ2) is 10.0. The molecule has 5 nitrogen and oxygen atoms in total. The van der Waals surface area contributed by atoms with E-state index < -0.39 is 0 Å². The van der Waals surface area contributed by atoms with Gasteiger partial charge in [0.15, 0.2) is 0 Å². The highest BCUT2D eigenvalue weighted by Gasteiger charge is 2.12. The number of hydrogen-bond donors (Lipinski definition) is 2. The number of likely N-dealkylation sites (N-methyl/N-ethyl adjacent to an activating group) is 1. The van der Waals surface area contributed by atoms with Gasteiger partial charge in [0.2, 0.25) is 0 Å². The normalized spacial score (nSPS) is 11.7. The topological polar surface area (TPSA) is 71.2 Å². The van der Waals surface area contributed by atoms with E-state index in [0.717, 1.165) is 13.1 Å². The summed E-state index contributed by atoms with van der Waals surface area (Å²) >= 11 is 0. The SMILES string of the molecule is CC(CN(C)Cc1ccccc1)NC(=O)c1ccnc(CN)c1.Cl. The van der Waals surface area contributed by atoms with Crippen LogP contribution in [0.2, 0.25) is 0 Å². The number of benzene rings is 1. The number of aromatic nitrogens is 1. The monoisotopic (exact) mass is 348 g/mol. The molecule has 2 aromatic rings. The smallest absolute Gasteiger partial charge is 0.251 e. The molecular weight excluding hydrogens is 324 g/mol. The van der Waals surface area contributed by atoms with Gasteiger partial charge in [-0.15, -0.1) is 12.4 Å². The number of carbonyl (C=O) groups excluding carboxylic acids is 1. The number of rotatable bonds is 7. The summed E-state index contributed by atoms with van der Waals surface area (Å²) in [6.07, 6.45) is 1.61. The zero-order valence-electron chi connectivity index (χ0n) is 14.1. The first-order valence-corrected chi connectivity index (χ1v) is 7.77. The van der Waals surface area contributed by atoms with Crippen LogP contribution in [0.25, 0.3) is 0 Å². The molecule has 0 bridgehead atoms. The molecule has 0 radical (unpaired) electrons. The fourth-order valence-electron chi connectivity index (χ4n) is 2.51. The maximum Gasteiger partial charge on any atom is 0.251 e. The molecule has 6 heteroatoms. The number of nitrogens with two attached hydrogens (primary N) is 1. The van der Waals surface area contributed by atoms with Gasteiger partial charge in [0.1, 0.15) is 0 Å². The molecule has 0 aliphatic heterocycles. The fraction of sp³-hybridized carbons (Fsp3) is 0.333. The Balaban J connectivity index is 0.00000288. The Kier molecular flexibility index (Phi) is 8.40. The molecule has 1 heterocycles. The number of pyridine rings is 1. The third-order valence-electron chi connectivity index (χ3n) is 3.55. The quantitative estimate of drug-likeness (QED) is 0.804. The molecule has 0 saturated heterocycles. The first-order chi connectivity index (χ1) is 11.1. The minimum Gasteiger partial charge on any atom is -0.348 e. The van der Waals surface area contributed by atoms with Crippen molar-refractivity contribution < 1.29 is 4.79 Å². The summed E-state index contributed by atoms with van der Waals surface area (Å²) in [6.45, 7) is 3.96. The Morgan fingerprint density at radius 1 is 1.29 bits per heavy atom. The Morgan fingerprint density at radius 2 is 2.00 bits per heavy atom. The van der Waals surface area contributed by atoms with Gasteiger partial charge < -0.3 is 16.0 Å². The van der Waals surface area contributed by atoms with Crippen molar-refractivity contribution in [2.75, 3.05) is 13.6 Å². The van der Waals surface area contributed by atoms with Gasteiger partial charge >= 0.3 is 0 Å². The highest BCUT2D eigenvalue weighted by atomic mass is 35.5. The van der Waals surface area contributed by atoms with Crippen LogP contribution in [0.4, 0.5) is 0 Å². The molecule has 0 fully saturated rings. The second-order valence-electron chi connectivity index (χ2n) is 5.80. The Morgan fingerprint density at radius 3 is 2.67 bits per heavy atom. The summed E-state index contributed by atoms with van der Waals surface area (Å²) in [6, 6.07) is 13.8.